The summed E-state index contributed by atoms with van der Waals surface area (Å²) in [6.07, 6.45) is 13.8. The summed E-state index contributed by atoms with van der Waals surface area (Å²) in [6, 6.07) is 26.4. The number of rotatable bonds is 13. The molecule has 0 bridgehead atoms. The van der Waals surface area contributed by atoms with Gasteiger partial charge in [0.05, 0.1) is 30.7 Å². The Kier molecular flexibility index (Phi) is 19.4. The number of benzene rings is 4. The van der Waals surface area contributed by atoms with Crippen molar-refractivity contribution < 1.29 is 28.9 Å². The Morgan fingerprint density at radius 1 is 0.547 bits per heavy atom. The van der Waals surface area contributed by atoms with E-state index in [0.29, 0.717) is 18.8 Å². The molecule has 8 nitrogen and oxygen atoms in total. The van der Waals surface area contributed by atoms with Crippen molar-refractivity contribution in [3.05, 3.63) is 83.9 Å². The first-order chi connectivity index (χ1) is 30.0. The maximum Gasteiger partial charge on any atom is 0.309 e. The molecule has 0 aromatic heterocycles. The van der Waals surface area contributed by atoms with Crippen LogP contribution >= 0.6 is 0 Å². The summed E-state index contributed by atoms with van der Waals surface area (Å²) in [6.45, 7) is 17.2. The number of esters is 1. The van der Waals surface area contributed by atoms with Gasteiger partial charge in [0.25, 0.3) is 0 Å². The Hall–Kier alpha value is -4.14. The second-order valence-electron chi connectivity index (χ2n) is 19.7. The van der Waals surface area contributed by atoms with E-state index in [-0.39, 0.29) is 32.7 Å². The van der Waals surface area contributed by atoms with Crippen LogP contribution in [0.15, 0.2) is 72.8 Å². The zero-order chi connectivity index (χ0) is 43.6. The number of carboxylic acids is 1. The molecule has 2 aliphatic carbocycles. The van der Waals surface area contributed by atoms with E-state index in [1.54, 1.807) is 0 Å². The van der Waals surface area contributed by atoms with Gasteiger partial charge in [0.2, 0.25) is 0 Å². The molecule has 2 saturated carbocycles. The van der Waals surface area contributed by atoms with Gasteiger partial charge in [-0.05, 0) is 203 Å². The van der Waals surface area contributed by atoms with Gasteiger partial charge in [-0.3, -0.25) is 19.4 Å². The molecule has 352 valence electrons. The van der Waals surface area contributed by atoms with Gasteiger partial charge in [0.1, 0.15) is 11.5 Å². The molecular formula is C56H82N2O6. The van der Waals surface area contributed by atoms with Crippen molar-refractivity contribution in [2.45, 2.75) is 152 Å². The predicted octanol–water partition coefficient (Wildman–Crippen LogP) is 13.2. The normalized spacial score (nSPS) is 22.5. The van der Waals surface area contributed by atoms with Crippen molar-refractivity contribution >= 4 is 33.5 Å². The fourth-order valence-electron chi connectivity index (χ4n) is 10.5. The average Bonchev–Trinajstić information content (AvgIpc) is 3.27. The Morgan fingerprint density at radius 3 is 1.30 bits per heavy atom. The van der Waals surface area contributed by atoms with Crippen molar-refractivity contribution in [3.63, 3.8) is 0 Å². The minimum absolute atomic E-state index is 0. The Balaban J connectivity index is 0.000000234. The van der Waals surface area contributed by atoms with Crippen molar-refractivity contribution in [1.82, 2.24) is 9.80 Å². The first-order valence-corrected chi connectivity index (χ1v) is 24.2. The zero-order valence-corrected chi connectivity index (χ0v) is 38.4. The Bertz CT molecular complexity index is 2050. The Labute approximate surface area is 386 Å². The summed E-state index contributed by atoms with van der Waals surface area (Å²) in [5, 5.41) is 14.1. The molecule has 0 unspecified atom stereocenters. The number of carboxylic acid groups (broad SMARTS) is 1. The summed E-state index contributed by atoms with van der Waals surface area (Å²) >= 11 is 0. The van der Waals surface area contributed by atoms with E-state index in [1.807, 2.05) is 6.92 Å². The molecule has 4 fully saturated rings. The number of piperidine rings is 2. The lowest BCUT2D eigenvalue weighted by molar-refractivity contribution is -0.149. The number of likely N-dealkylation sites (tertiary alicyclic amines) is 2. The molecule has 2 heterocycles. The average molecular weight is 879 g/mol. The first kappa shape index (κ1) is 50.9. The molecule has 2 aliphatic heterocycles. The molecular weight excluding hydrogens is 797 g/mol. The summed E-state index contributed by atoms with van der Waals surface area (Å²) in [4.78, 5) is 27.9. The van der Waals surface area contributed by atoms with Crippen LogP contribution < -0.4 is 9.47 Å². The molecule has 4 aromatic carbocycles. The van der Waals surface area contributed by atoms with E-state index in [2.05, 4.69) is 110 Å². The molecule has 0 spiro atoms. The SMILES string of the molecule is C.C.CC(C)C1CCC(Oc2ccc3cc(CN4CCC(C(=O)O)CC4)ccc3c2)CC1.CCOC(=O)C1CCN(Cc2ccc3cc(OC4CCC(C(C)C)CC4)ccc3c2)CC1. The standard InChI is InChI=1S/C28H39NO3.C26H35NO3.2CH4/c1-4-31-28(30)23-13-15-29(16-14-23)19-21-5-6-25-18-27(12-9-24(25)17-21)32-26-10-7-22(8-11-26)20(2)3;1-18(2)20-5-8-24(9-6-20)30-25-10-7-22-15-19(3-4-23(22)16-25)17-27-13-11-21(12-14-27)26(28)29;;/h5-6,9,12,17-18,20,22-23,26H,4,7-8,10-11,13-16,19H2,1-3H3;3-4,7,10,15-16,18,20-21,24H,5-6,8-9,11-14,17H2,1-2H3,(H,28,29);2*1H4. The van der Waals surface area contributed by atoms with E-state index in [9.17, 15) is 9.59 Å². The van der Waals surface area contributed by atoms with Gasteiger partial charge in [-0.25, -0.2) is 0 Å². The van der Waals surface area contributed by atoms with E-state index >= 15 is 0 Å². The highest BCUT2D eigenvalue weighted by Crippen LogP contribution is 2.35. The summed E-state index contributed by atoms with van der Waals surface area (Å²) in [5.41, 5.74) is 2.62. The van der Waals surface area contributed by atoms with Crippen molar-refractivity contribution in [2.24, 2.45) is 35.5 Å². The second kappa shape index (κ2) is 24.4. The smallest absolute Gasteiger partial charge is 0.309 e. The summed E-state index contributed by atoms with van der Waals surface area (Å²) in [7, 11) is 0. The van der Waals surface area contributed by atoms with Gasteiger partial charge < -0.3 is 19.3 Å². The fraction of sp³-hybridized carbons (Fsp3) is 0.607. The van der Waals surface area contributed by atoms with E-state index in [0.717, 1.165) is 100 Å². The van der Waals surface area contributed by atoms with Crippen LogP contribution in [0.25, 0.3) is 21.5 Å². The number of nitrogens with zero attached hydrogens (tertiary/aromatic N) is 2. The molecule has 2 saturated heterocycles. The quantitative estimate of drug-likeness (QED) is 0.133. The lowest BCUT2D eigenvalue weighted by Crippen LogP contribution is -2.36. The molecule has 64 heavy (non-hydrogen) atoms. The molecule has 0 amide bonds. The molecule has 4 aromatic rings. The van der Waals surface area contributed by atoms with Gasteiger partial charge in [-0.15, -0.1) is 0 Å². The zero-order valence-electron chi connectivity index (χ0n) is 38.4. The van der Waals surface area contributed by atoms with E-state index in [1.165, 1.54) is 84.0 Å². The van der Waals surface area contributed by atoms with Crippen molar-refractivity contribution in [1.29, 1.82) is 0 Å². The number of hydrogen-bond donors (Lipinski definition) is 1. The Morgan fingerprint density at radius 2 is 0.922 bits per heavy atom. The molecule has 4 aliphatic rings. The van der Waals surface area contributed by atoms with Crippen molar-refractivity contribution in [2.75, 3.05) is 32.8 Å². The number of aliphatic carboxylic acids is 1. The van der Waals surface area contributed by atoms with Gasteiger partial charge in [0.15, 0.2) is 0 Å². The monoisotopic (exact) mass is 879 g/mol. The van der Waals surface area contributed by atoms with Crippen LogP contribution in [-0.4, -0.2) is 71.8 Å². The minimum Gasteiger partial charge on any atom is -0.490 e. The van der Waals surface area contributed by atoms with Crippen LogP contribution in [0.2, 0.25) is 0 Å². The van der Waals surface area contributed by atoms with Crippen LogP contribution in [-0.2, 0) is 27.4 Å². The number of hydrogen-bond acceptors (Lipinski definition) is 7. The van der Waals surface area contributed by atoms with Crippen LogP contribution in [0.1, 0.15) is 138 Å². The summed E-state index contributed by atoms with van der Waals surface area (Å²) < 4.78 is 17.8. The minimum atomic E-state index is -0.647. The van der Waals surface area contributed by atoms with Crippen molar-refractivity contribution in [3.8, 4) is 11.5 Å². The van der Waals surface area contributed by atoms with Gasteiger partial charge in [-0.2, -0.15) is 0 Å². The maximum absolute atomic E-state index is 12.0. The number of carbonyl (C=O) groups excluding carboxylic acids is 1. The van der Waals surface area contributed by atoms with Crippen LogP contribution in [0.3, 0.4) is 0 Å². The van der Waals surface area contributed by atoms with Gasteiger partial charge >= 0.3 is 11.9 Å². The molecule has 8 rings (SSSR count). The van der Waals surface area contributed by atoms with Gasteiger partial charge in [-0.1, -0.05) is 78.9 Å². The lowest BCUT2D eigenvalue weighted by Gasteiger charge is -2.31. The van der Waals surface area contributed by atoms with E-state index < -0.39 is 5.97 Å². The van der Waals surface area contributed by atoms with E-state index in [4.69, 9.17) is 19.3 Å². The number of fused-ring (bicyclic) bond motifs is 2. The van der Waals surface area contributed by atoms with Gasteiger partial charge in [0, 0.05) is 13.1 Å². The highest BCUT2D eigenvalue weighted by Gasteiger charge is 2.28. The largest absolute Gasteiger partial charge is 0.490 e. The lowest BCUT2D eigenvalue weighted by atomic mass is 9.80. The topological polar surface area (TPSA) is 88.5 Å². The summed E-state index contributed by atoms with van der Waals surface area (Å²) in [5.74, 6) is 4.50. The molecule has 0 radical (unpaired) electrons. The number of ether oxygens (including phenoxy) is 3. The highest BCUT2D eigenvalue weighted by atomic mass is 16.5. The van der Waals surface area contributed by atoms with Crippen LogP contribution in [0.4, 0.5) is 0 Å². The first-order valence-electron chi connectivity index (χ1n) is 24.2. The van der Waals surface area contributed by atoms with Crippen LogP contribution in [0, 0.1) is 35.5 Å². The maximum atomic E-state index is 12.0. The van der Waals surface area contributed by atoms with Crippen LogP contribution in [0.5, 0.6) is 11.5 Å². The molecule has 8 heteroatoms. The third-order valence-electron chi connectivity index (χ3n) is 14.6. The third kappa shape index (κ3) is 14.2. The second-order valence-corrected chi connectivity index (χ2v) is 19.7. The third-order valence-corrected chi connectivity index (χ3v) is 14.6. The predicted molar refractivity (Wildman–Crippen MR) is 264 cm³/mol. The molecule has 1 N–H and O–H groups in total. The number of carbonyl (C=O) groups is 2. The highest BCUT2D eigenvalue weighted by molar-refractivity contribution is 5.85. The fourth-order valence-corrected chi connectivity index (χ4v) is 10.5. The molecule has 0 atom stereocenters.